The molecule has 1 aromatic rings. The summed E-state index contributed by atoms with van der Waals surface area (Å²) in [6, 6.07) is 6.02. The molecule has 1 amide bonds. The van der Waals surface area contributed by atoms with Crippen LogP contribution in [0.5, 0.6) is 0 Å². The quantitative estimate of drug-likeness (QED) is 0.459. The van der Waals surface area contributed by atoms with E-state index in [1.165, 1.54) is 0 Å². The monoisotopic (exact) mass is 404 g/mol. The molecule has 26 heavy (non-hydrogen) atoms. The van der Waals surface area contributed by atoms with Crippen LogP contribution in [0.3, 0.4) is 0 Å². The molecule has 144 valence electrons. The van der Waals surface area contributed by atoms with Gasteiger partial charge in [-0.05, 0) is 24.1 Å². The number of anilines is 1. The standard InChI is InChI=1S/C17H22Cl2N2O5/c18-7-9-21(10-8-19)13-3-1-12(2-4-13)11-15(22)20-14(17(25)26)5-6-16(23)24/h1-4,14H,5-11H2,(H,20,22)(H,23,24)(H,25,26). The van der Waals surface area contributed by atoms with E-state index in [1.54, 1.807) is 12.1 Å². The number of alkyl halides is 2. The number of benzene rings is 1. The lowest BCUT2D eigenvalue weighted by Crippen LogP contribution is -2.41. The van der Waals surface area contributed by atoms with Crippen LogP contribution in [0.25, 0.3) is 0 Å². The minimum Gasteiger partial charge on any atom is -0.481 e. The Hall–Kier alpha value is -1.99. The maximum Gasteiger partial charge on any atom is 0.326 e. The zero-order valence-electron chi connectivity index (χ0n) is 14.2. The van der Waals surface area contributed by atoms with Gasteiger partial charge in [-0.3, -0.25) is 9.59 Å². The summed E-state index contributed by atoms with van der Waals surface area (Å²) in [5.41, 5.74) is 1.64. The topological polar surface area (TPSA) is 107 Å². The molecule has 1 rings (SSSR count). The smallest absolute Gasteiger partial charge is 0.326 e. The van der Waals surface area contributed by atoms with Crippen LogP contribution in [-0.4, -0.2) is 59.0 Å². The van der Waals surface area contributed by atoms with Crippen LogP contribution in [0.2, 0.25) is 0 Å². The third-order valence-corrected chi connectivity index (χ3v) is 3.99. The number of hydrogen-bond acceptors (Lipinski definition) is 4. The van der Waals surface area contributed by atoms with Crippen LogP contribution in [0.1, 0.15) is 18.4 Å². The largest absolute Gasteiger partial charge is 0.481 e. The Bertz CT molecular complexity index is 604. The van der Waals surface area contributed by atoms with Crippen LogP contribution < -0.4 is 10.2 Å². The summed E-state index contributed by atoms with van der Waals surface area (Å²) in [5, 5.41) is 20.1. The second kappa shape index (κ2) is 11.6. The van der Waals surface area contributed by atoms with Gasteiger partial charge < -0.3 is 20.4 Å². The van der Waals surface area contributed by atoms with Crippen molar-refractivity contribution in [1.82, 2.24) is 5.32 Å². The number of nitrogens with one attached hydrogen (secondary N) is 1. The molecular weight excluding hydrogens is 383 g/mol. The summed E-state index contributed by atoms with van der Waals surface area (Å²) in [4.78, 5) is 35.7. The number of carbonyl (C=O) groups excluding carboxylic acids is 1. The molecule has 0 radical (unpaired) electrons. The van der Waals surface area contributed by atoms with E-state index < -0.39 is 23.9 Å². The van der Waals surface area contributed by atoms with E-state index in [9.17, 15) is 14.4 Å². The number of carbonyl (C=O) groups is 3. The summed E-state index contributed by atoms with van der Waals surface area (Å²) in [5.74, 6) is -1.91. The number of aliphatic carboxylic acids is 2. The number of halogens is 2. The van der Waals surface area contributed by atoms with Gasteiger partial charge in [-0.2, -0.15) is 0 Å². The summed E-state index contributed by atoms with van der Waals surface area (Å²) >= 11 is 11.6. The number of amides is 1. The molecular formula is C17H22Cl2N2O5. The Morgan fingerprint density at radius 2 is 1.62 bits per heavy atom. The molecule has 0 saturated heterocycles. The molecule has 0 aliphatic heterocycles. The highest BCUT2D eigenvalue weighted by Crippen LogP contribution is 2.16. The molecule has 0 saturated carbocycles. The van der Waals surface area contributed by atoms with E-state index >= 15 is 0 Å². The molecule has 0 aliphatic rings. The zero-order valence-corrected chi connectivity index (χ0v) is 15.7. The van der Waals surface area contributed by atoms with Crippen LogP contribution in [-0.2, 0) is 20.8 Å². The maximum atomic E-state index is 12.0. The molecule has 1 aromatic carbocycles. The lowest BCUT2D eigenvalue weighted by Gasteiger charge is -2.23. The van der Waals surface area contributed by atoms with E-state index in [2.05, 4.69) is 5.32 Å². The maximum absolute atomic E-state index is 12.0. The fraction of sp³-hybridized carbons (Fsp3) is 0.471. The van der Waals surface area contributed by atoms with Crippen LogP contribution in [0, 0.1) is 0 Å². The Labute approximate surface area is 161 Å². The van der Waals surface area contributed by atoms with E-state index in [0.29, 0.717) is 30.4 Å². The second-order valence-electron chi connectivity index (χ2n) is 5.60. The summed E-state index contributed by atoms with van der Waals surface area (Å²) < 4.78 is 0. The predicted molar refractivity (Wildman–Crippen MR) is 100 cm³/mol. The molecule has 3 N–H and O–H groups in total. The van der Waals surface area contributed by atoms with Crippen molar-refractivity contribution >= 4 is 46.7 Å². The minimum absolute atomic E-state index is 0.00213. The Morgan fingerprint density at radius 1 is 1.04 bits per heavy atom. The third-order valence-electron chi connectivity index (χ3n) is 3.66. The molecule has 0 bridgehead atoms. The molecule has 1 unspecified atom stereocenters. The highest BCUT2D eigenvalue weighted by atomic mass is 35.5. The van der Waals surface area contributed by atoms with E-state index in [4.69, 9.17) is 33.4 Å². The first-order valence-electron chi connectivity index (χ1n) is 8.07. The van der Waals surface area contributed by atoms with E-state index in [-0.39, 0.29) is 19.3 Å². The van der Waals surface area contributed by atoms with Gasteiger partial charge in [-0.15, -0.1) is 23.2 Å². The third kappa shape index (κ3) is 7.93. The van der Waals surface area contributed by atoms with Gasteiger partial charge in [0.05, 0.1) is 6.42 Å². The van der Waals surface area contributed by atoms with Gasteiger partial charge in [0.2, 0.25) is 5.91 Å². The van der Waals surface area contributed by atoms with Crippen molar-refractivity contribution in [3.8, 4) is 0 Å². The van der Waals surface area contributed by atoms with Crippen LogP contribution in [0.4, 0.5) is 5.69 Å². The van der Waals surface area contributed by atoms with Crippen molar-refractivity contribution in [3.63, 3.8) is 0 Å². The summed E-state index contributed by atoms with van der Waals surface area (Å²) in [6.07, 6.45) is -0.494. The van der Waals surface area contributed by atoms with Crippen molar-refractivity contribution in [3.05, 3.63) is 29.8 Å². The van der Waals surface area contributed by atoms with E-state index in [1.807, 2.05) is 17.0 Å². The van der Waals surface area contributed by atoms with Crippen LogP contribution in [0.15, 0.2) is 24.3 Å². The molecule has 0 aromatic heterocycles. The fourth-order valence-electron chi connectivity index (χ4n) is 2.35. The second-order valence-corrected chi connectivity index (χ2v) is 6.35. The van der Waals surface area contributed by atoms with Gasteiger partial charge in [0.15, 0.2) is 0 Å². The minimum atomic E-state index is -1.26. The first-order chi connectivity index (χ1) is 12.4. The molecule has 9 heteroatoms. The predicted octanol–water partition coefficient (Wildman–Crippen LogP) is 1.95. The molecule has 0 aliphatic carbocycles. The highest BCUT2D eigenvalue weighted by molar-refractivity contribution is 6.18. The molecule has 0 heterocycles. The van der Waals surface area contributed by atoms with Gasteiger partial charge in [0.25, 0.3) is 0 Å². The van der Waals surface area contributed by atoms with Crippen LogP contribution >= 0.6 is 23.2 Å². The van der Waals surface area contributed by atoms with Gasteiger partial charge in [0.1, 0.15) is 6.04 Å². The average molecular weight is 405 g/mol. The van der Waals surface area contributed by atoms with Gasteiger partial charge in [0, 0.05) is 37.0 Å². The van der Waals surface area contributed by atoms with Crippen molar-refractivity contribution in [2.75, 3.05) is 29.7 Å². The van der Waals surface area contributed by atoms with E-state index in [0.717, 1.165) is 5.69 Å². The van der Waals surface area contributed by atoms with Gasteiger partial charge in [-0.25, -0.2) is 4.79 Å². The Kier molecular flexibility index (Phi) is 9.83. The first kappa shape index (κ1) is 22.1. The number of hydrogen-bond donors (Lipinski definition) is 3. The first-order valence-corrected chi connectivity index (χ1v) is 9.14. The summed E-state index contributed by atoms with van der Waals surface area (Å²) in [7, 11) is 0. The van der Waals surface area contributed by atoms with Crippen molar-refractivity contribution < 1.29 is 24.6 Å². The number of rotatable bonds is 12. The van der Waals surface area contributed by atoms with Gasteiger partial charge in [-0.1, -0.05) is 12.1 Å². The zero-order chi connectivity index (χ0) is 19.5. The molecule has 7 nitrogen and oxygen atoms in total. The molecule has 0 fully saturated rings. The van der Waals surface area contributed by atoms with Crippen molar-refractivity contribution in [2.45, 2.75) is 25.3 Å². The Balaban J connectivity index is 2.65. The van der Waals surface area contributed by atoms with Crippen molar-refractivity contribution in [1.29, 1.82) is 0 Å². The summed E-state index contributed by atoms with van der Waals surface area (Å²) in [6.45, 7) is 1.30. The van der Waals surface area contributed by atoms with Gasteiger partial charge >= 0.3 is 11.9 Å². The number of carboxylic acids is 2. The van der Waals surface area contributed by atoms with Crippen molar-refractivity contribution in [2.24, 2.45) is 0 Å². The SMILES string of the molecule is O=C(O)CCC(NC(=O)Cc1ccc(N(CCCl)CCCl)cc1)C(=O)O. The molecule has 0 spiro atoms. The Morgan fingerprint density at radius 3 is 2.08 bits per heavy atom. The normalized spacial score (nSPS) is 11.6. The fourth-order valence-corrected chi connectivity index (χ4v) is 2.76. The lowest BCUT2D eigenvalue weighted by atomic mass is 10.1. The number of carboxylic acid groups (broad SMARTS) is 2. The number of nitrogens with zero attached hydrogens (tertiary/aromatic N) is 1. The molecule has 1 atom stereocenters. The average Bonchev–Trinajstić information content (AvgIpc) is 2.58. The lowest BCUT2D eigenvalue weighted by molar-refractivity contribution is -0.143. The highest BCUT2D eigenvalue weighted by Gasteiger charge is 2.21.